The van der Waals surface area contributed by atoms with E-state index in [-0.39, 0.29) is 0 Å². The third kappa shape index (κ3) is 2.12. The number of anilines is 1. The van der Waals surface area contributed by atoms with Crippen LogP contribution >= 0.6 is 11.3 Å². The molecule has 6 heteroatoms. The van der Waals surface area contributed by atoms with Gasteiger partial charge in [-0.1, -0.05) is 0 Å². The third-order valence-electron chi connectivity index (χ3n) is 3.17. The first-order chi connectivity index (χ1) is 9.70. The number of hydrogen-bond acceptors (Lipinski definition) is 6. The highest BCUT2D eigenvalue weighted by atomic mass is 32.1. The SMILES string of the molecule is CCNc1nc(-c2cnccn2)nc2sc(C)c(C)c12. The van der Waals surface area contributed by atoms with Gasteiger partial charge in [0.05, 0.1) is 11.6 Å². The van der Waals surface area contributed by atoms with Crippen molar-refractivity contribution in [2.24, 2.45) is 0 Å². The fraction of sp³-hybridized carbons (Fsp3) is 0.286. The maximum absolute atomic E-state index is 4.63. The first kappa shape index (κ1) is 12.9. The molecule has 5 nitrogen and oxygen atoms in total. The molecule has 3 aromatic heterocycles. The molecule has 0 bridgehead atoms. The Hall–Kier alpha value is -2.08. The van der Waals surface area contributed by atoms with Gasteiger partial charge in [0.15, 0.2) is 5.82 Å². The second-order valence-corrected chi connectivity index (χ2v) is 5.68. The van der Waals surface area contributed by atoms with E-state index in [1.54, 1.807) is 29.9 Å². The number of nitrogens with zero attached hydrogens (tertiary/aromatic N) is 4. The molecular weight excluding hydrogens is 270 g/mol. The Bertz CT molecular complexity index is 751. The standard InChI is InChI=1S/C14H15N5S/c1-4-16-13-11-8(2)9(3)20-14(11)19-12(18-13)10-7-15-5-6-17-10/h5-7H,4H2,1-3H3,(H,16,18,19). The van der Waals surface area contributed by atoms with Gasteiger partial charge in [0.1, 0.15) is 16.3 Å². The summed E-state index contributed by atoms with van der Waals surface area (Å²) >= 11 is 1.69. The van der Waals surface area contributed by atoms with Crippen molar-refractivity contribution in [1.82, 2.24) is 19.9 Å². The first-order valence-electron chi connectivity index (χ1n) is 6.48. The molecule has 20 heavy (non-hydrogen) atoms. The smallest absolute Gasteiger partial charge is 0.183 e. The van der Waals surface area contributed by atoms with Crippen LogP contribution in [0, 0.1) is 13.8 Å². The van der Waals surface area contributed by atoms with Crippen molar-refractivity contribution in [3.63, 3.8) is 0 Å². The van der Waals surface area contributed by atoms with Crippen molar-refractivity contribution in [2.75, 3.05) is 11.9 Å². The van der Waals surface area contributed by atoms with Gasteiger partial charge >= 0.3 is 0 Å². The molecule has 0 aromatic carbocycles. The van der Waals surface area contributed by atoms with Crippen molar-refractivity contribution in [2.45, 2.75) is 20.8 Å². The van der Waals surface area contributed by atoms with E-state index in [2.05, 4.69) is 46.0 Å². The van der Waals surface area contributed by atoms with E-state index in [9.17, 15) is 0 Å². The molecular formula is C14H15N5S. The summed E-state index contributed by atoms with van der Waals surface area (Å²) in [5.41, 5.74) is 1.93. The Labute approximate surface area is 121 Å². The summed E-state index contributed by atoms with van der Waals surface area (Å²) in [6.07, 6.45) is 4.98. The average Bonchev–Trinajstić information content (AvgIpc) is 2.75. The molecule has 0 aliphatic heterocycles. The maximum Gasteiger partial charge on any atom is 0.183 e. The number of fused-ring (bicyclic) bond motifs is 1. The Morgan fingerprint density at radius 3 is 2.75 bits per heavy atom. The van der Waals surface area contributed by atoms with Gasteiger partial charge in [-0.15, -0.1) is 11.3 Å². The molecule has 1 N–H and O–H groups in total. The summed E-state index contributed by atoms with van der Waals surface area (Å²) in [5.74, 6) is 1.49. The lowest BCUT2D eigenvalue weighted by molar-refractivity contribution is 1.11. The number of hydrogen-bond donors (Lipinski definition) is 1. The summed E-state index contributed by atoms with van der Waals surface area (Å²) < 4.78 is 0. The topological polar surface area (TPSA) is 63.6 Å². The molecule has 3 aromatic rings. The molecule has 0 spiro atoms. The van der Waals surface area contributed by atoms with E-state index in [0.717, 1.165) is 22.6 Å². The summed E-state index contributed by atoms with van der Waals surface area (Å²) in [7, 11) is 0. The van der Waals surface area contributed by atoms with Crippen LogP contribution < -0.4 is 5.32 Å². The first-order valence-corrected chi connectivity index (χ1v) is 7.30. The van der Waals surface area contributed by atoms with Crippen LogP contribution in [0.5, 0.6) is 0 Å². The minimum Gasteiger partial charge on any atom is -0.370 e. The van der Waals surface area contributed by atoms with E-state index in [0.29, 0.717) is 11.5 Å². The molecule has 0 aliphatic carbocycles. The number of nitrogens with one attached hydrogen (secondary N) is 1. The maximum atomic E-state index is 4.63. The molecule has 0 atom stereocenters. The number of thiophene rings is 1. The van der Waals surface area contributed by atoms with E-state index >= 15 is 0 Å². The van der Waals surface area contributed by atoms with Crippen LogP contribution in [0.4, 0.5) is 5.82 Å². The van der Waals surface area contributed by atoms with Gasteiger partial charge in [0, 0.05) is 23.8 Å². The van der Waals surface area contributed by atoms with E-state index < -0.39 is 0 Å². The Balaban J connectivity index is 2.26. The van der Waals surface area contributed by atoms with Crippen LogP contribution in [0.25, 0.3) is 21.7 Å². The summed E-state index contributed by atoms with van der Waals surface area (Å²) in [6.45, 7) is 7.10. The van der Waals surface area contributed by atoms with Crippen LogP contribution in [0.15, 0.2) is 18.6 Å². The second kappa shape index (κ2) is 5.13. The second-order valence-electron chi connectivity index (χ2n) is 4.48. The van der Waals surface area contributed by atoms with Gasteiger partial charge in [0.25, 0.3) is 0 Å². The molecule has 3 rings (SSSR count). The Kier molecular flexibility index (Phi) is 3.31. The van der Waals surface area contributed by atoms with Crippen molar-refractivity contribution in [3.05, 3.63) is 29.0 Å². The lowest BCUT2D eigenvalue weighted by Crippen LogP contribution is -2.03. The Morgan fingerprint density at radius 2 is 2.05 bits per heavy atom. The van der Waals surface area contributed by atoms with Gasteiger partial charge < -0.3 is 5.32 Å². The molecule has 0 fully saturated rings. The summed E-state index contributed by atoms with van der Waals surface area (Å²) in [5, 5.41) is 4.44. The zero-order valence-electron chi connectivity index (χ0n) is 11.6. The molecule has 0 amide bonds. The summed E-state index contributed by atoms with van der Waals surface area (Å²) in [6, 6.07) is 0. The summed E-state index contributed by atoms with van der Waals surface area (Å²) in [4.78, 5) is 19.9. The monoisotopic (exact) mass is 285 g/mol. The molecule has 102 valence electrons. The lowest BCUT2D eigenvalue weighted by atomic mass is 10.2. The van der Waals surface area contributed by atoms with Gasteiger partial charge in [-0.25, -0.2) is 15.0 Å². The Morgan fingerprint density at radius 1 is 1.20 bits per heavy atom. The van der Waals surface area contributed by atoms with Crippen LogP contribution in [-0.2, 0) is 0 Å². The van der Waals surface area contributed by atoms with Crippen LogP contribution in [-0.4, -0.2) is 26.5 Å². The van der Waals surface area contributed by atoms with Gasteiger partial charge in [-0.3, -0.25) is 4.98 Å². The highest BCUT2D eigenvalue weighted by Crippen LogP contribution is 2.34. The largest absolute Gasteiger partial charge is 0.370 e. The molecule has 0 saturated heterocycles. The van der Waals surface area contributed by atoms with Crippen LogP contribution in [0.2, 0.25) is 0 Å². The molecule has 0 saturated carbocycles. The van der Waals surface area contributed by atoms with Crippen molar-refractivity contribution >= 4 is 27.4 Å². The third-order valence-corrected chi connectivity index (χ3v) is 4.27. The quantitative estimate of drug-likeness (QED) is 0.800. The zero-order chi connectivity index (χ0) is 14.1. The van der Waals surface area contributed by atoms with Gasteiger partial charge in [-0.05, 0) is 26.3 Å². The van der Waals surface area contributed by atoms with Crippen molar-refractivity contribution in [3.8, 4) is 11.5 Å². The minimum atomic E-state index is 0.614. The number of aromatic nitrogens is 4. The molecule has 0 radical (unpaired) electrons. The van der Waals surface area contributed by atoms with Crippen LogP contribution in [0.1, 0.15) is 17.4 Å². The zero-order valence-corrected chi connectivity index (χ0v) is 12.5. The van der Waals surface area contributed by atoms with Gasteiger partial charge in [0.2, 0.25) is 0 Å². The van der Waals surface area contributed by atoms with Crippen LogP contribution in [0.3, 0.4) is 0 Å². The highest BCUT2D eigenvalue weighted by molar-refractivity contribution is 7.18. The fourth-order valence-electron chi connectivity index (χ4n) is 2.07. The van der Waals surface area contributed by atoms with E-state index in [1.807, 2.05) is 0 Å². The average molecular weight is 285 g/mol. The van der Waals surface area contributed by atoms with Crippen molar-refractivity contribution in [1.29, 1.82) is 0 Å². The minimum absolute atomic E-state index is 0.614. The van der Waals surface area contributed by atoms with E-state index in [1.165, 1.54) is 10.4 Å². The lowest BCUT2D eigenvalue weighted by Gasteiger charge is -2.07. The predicted molar refractivity (Wildman–Crippen MR) is 82.1 cm³/mol. The number of aryl methyl sites for hydroxylation is 2. The highest BCUT2D eigenvalue weighted by Gasteiger charge is 2.15. The number of rotatable bonds is 3. The molecule has 0 aliphatic rings. The van der Waals surface area contributed by atoms with Crippen molar-refractivity contribution < 1.29 is 0 Å². The van der Waals surface area contributed by atoms with E-state index in [4.69, 9.17) is 0 Å². The molecule has 3 heterocycles. The normalized spacial score (nSPS) is 10.9. The van der Waals surface area contributed by atoms with Gasteiger partial charge in [-0.2, -0.15) is 0 Å². The fourth-order valence-corrected chi connectivity index (χ4v) is 3.10. The molecule has 0 unspecified atom stereocenters. The predicted octanol–water partition coefficient (Wildman–Crippen LogP) is 3.20.